The van der Waals surface area contributed by atoms with Gasteiger partial charge >= 0.3 is 5.97 Å². The maximum absolute atomic E-state index is 11.3. The normalized spacial score (nSPS) is 20.9. The van der Waals surface area contributed by atoms with Crippen LogP contribution in [0.5, 0.6) is 0 Å². The summed E-state index contributed by atoms with van der Waals surface area (Å²) >= 11 is 0. The number of carboxylic acids is 1. The van der Waals surface area contributed by atoms with E-state index in [0.717, 1.165) is 26.1 Å². The molecule has 0 radical (unpaired) electrons. The van der Waals surface area contributed by atoms with E-state index < -0.39 is 5.97 Å². The van der Waals surface area contributed by atoms with Gasteiger partial charge in [0.25, 0.3) is 0 Å². The van der Waals surface area contributed by atoms with Crippen molar-refractivity contribution in [3.63, 3.8) is 0 Å². The van der Waals surface area contributed by atoms with Gasteiger partial charge in [-0.05, 0) is 32.4 Å². The molecule has 16 heavy (non-hydrogen) atoms. The molecule has 2 N–H and O–H groups in total. The molecule has 1 amide bonds. The molecule has 1 aliphatic rings. The molecule has 0 bridgehead atoms. The summed E-state index contributed by atoms with van der Waals surface area (Å²) in [6.45, 7) is 2.85. The number of nitrogens with zero attached hydrogens (tertiary/aromatic N) is 1. The van der Waals surface area contributed by atoms with E-state index in [0.29, 0.717) is 18.8 Å². The van der Waals surface area contributed by atoms with Crippen LogP contribution in [-0.4, -0.2) is 48.6 Å². The Kier molecular flexibility index (Phi) is 5.25. The van der Waals surface area contributed by atoms with Crippen LogP contribution in [0.25, 0.3) is 0 Å². The first-order valence-corrected chi connectivity index (χ1v) is 5.75. The van der Waals surface area contributed by atoms with Crippen molar-refractivity contribution in [1.29, 1.82) is 0 Å². The first kappa shape index (κ1) is 13.0. The summed E-state index contributed by atoms with van der Waals surface area (Å²) < 4.78 is 0. The Bertz CT molecular complexity index is 256. The van der Waals surface area contributed by atoms with Crippen molar-refractivity contribution >= 4 is 11.9 Å². The lowest BCUT2D eigenvalue weighted by atomic mass is 10.1. The maximum atomic E-state index is 11.3. The first-order chi connectivity index (χ1) is 7.58. The molecular formula is C11H20N2O3. The molecule has 92 valence electrons. The smallest absolute Gasteiger partial charge is 0.303 e. The molecule has 5 nitrogen and oxygen atoms in total. The molecule has 1 saturated heterocycles. The lowest BCUT2D eigenvalue weighted by Crippen LogP contribution is -2.30. The topological polar surface area (TPSA) is 69.6 Å². The predicted molar refractivity (Wildman–Crippen MR) is 60.1 cm³/mol. The van der Waals surface area contributed by atoms with Gasteiger partial charge in [0.2, 0.25) is 5.91 Å². The molecular weight excluding hydrogens is 208 g/mol. The Balaban J connectivity index is 2.04. The number of carboxylic acid groups (broad SMARTS) is 1. The fourth-order valence-corrected chi connectivity index (χ4v) is 1.94. The van der Waals surface area contributed by atoms with Gasteiger partial charge < -0.3 is 15.3 Å². The summed E-state index contributed by atoms with van der Waals surface area (Å²) in [7, 11) is 2.08. The standard InChI is InChI=1S/C11H20N2O3/c1-13-6-5-9(8-13)7-12-10(14)3-2-4-11(15)16/h9H,2-8H2,1H3,(H,12,14)(H,15,16). The van der Waals surface area contributed by atoms with Gasteiger partial charge in [0.05, 0.1) is 0 Å². The van der Waals surface area contributed by atoms with E-state index in [4.69, 9.17) is 5.11 Å². The molecule has 0 aromatic heterocycles. The summed E-state index contributed by atoms with van der Waals surface area (Å²) in [5.41, 5.74) is 0. The Hall–Kier alpha value is -1.10. The van der Waals surface area contributed by atoms with Gasteiger partial charge in [-0.25, -0.2) is 0 Å². The number of rotatable bonds is 6. The van der Waals surface area contributed by atoms with Crippen LogP contribution in [0.3, 0.4) is 0 Å². The maximum Gasteiger partial charge on any atom is 0.303 e. The SMILES string of the molecule is CN1CCC(CNC(=O)CCCC(=O)O)C1. The minimum Gasteiger partial charge on any atom is -0.481 e. The summed E-state index contributed by atoms with van der Waals surface area (Å²) in [6, 6.07) is 0. The number of carbonyl (C=O) groups excluding carboxylic acids is 1. The van der Waals surface area contributed by atoms with E-state index in [1.54, 1.807) is 0 Å². The van der Waals surface area contributed by atoms with E-state index in [9.17, 15) is 9.59 Å². The van der Waals surface area contributed by atoms with Crippen LogP contribution in [0.15, 0.2) is 0 Å². The molecule has 0 aliphatic carbocycles. The third-order valence-electron chi connectivity index (χ3n) is 2.87. The third-order valence-corrected chi connectivity index (χ3v) is 2.87. The summed E-state index contributed by atoms with van der Waals surface area (Å²) in [6.07, 6.45) is 1.94. The molecule has 0 spiro atoms. The van der Waals surface area contributed by atoms with Crippen LogP contribution >= 0.6 is 0 Å². The highest BCUT2D eigenvalue weighted by molar-refractivity contribution is 5.76. The summed E-state index contributed by atoms with van der Waals surface area (Å²) in [5.74, 6) is -0.325. The van der Waals surface area contributed by atoms with Crippen molar-refractivity contribution in [2.45, 2.75) is 25.7 Å². The highest BCUT2D eigenvalue weighted by Gasteiger charge is 2.19. The Morgan fingerprint density at radius 3 is 2.75 bits per heavy atom. The van der Waals surface area contributed by atoms with Crippen molar-refractivity contribution in [3.8, 4) is 0 Å². The largest absolute Gasteiger partial charge is 0.481 e. The van der Waals surface area contributed by atoms with Crippen LogP contribution in [0.2, 0.25) is 0 Å². The molecule has 1 fully saturated rings. The molecule has 5 heteroatoms. The lowest BCUT2D eigenvalue weighted by molar-refractivity contribution is -0.137. The molecule has 1 atom stereocenters. The molecule has 0 aromatic rings. The number of nitrogens with one attached hydrogen (secondary N) is 1. The molecule has 0 aromatic carbocycles. The zero-order valence-corrected chi connectivity index (χ0v) is 9.74. The van der Waals surface area contributed by atoms with Gasteiger partial charge in [-0.15, -0.1) is 0 Å². The van der Waals surface area contributed by atoms with Gasteiger partial charge in [-0.1, -0.05) is 0 Å². The highest BCUT2D eigenvalue weighted by atomic mass is 16.4. The average molecular weight is 228 g/mol. The fraction of sp³-hybridized carbons (Fsp3) is 0.818. The average Bonchev–Trinajstić information content (AvgIpc) is 2.61. The van der Waals surface area contributed by atoms with Gasteiger partial charge in [0.15, 0.2) is 0 Å². The van der Waals surface area contributed by atoms with Crippen molar-refractivity contribution in [3.05, 3.63) is 0 Å². The second-order valence-corrected chi connectivity index (χ2v) is 4.47. The van der Waals surface area contributed by atoms with E-state index in [1.807, 2.05) is 0 Å². The zero-order chi connectivity index (χ0) is 12.0. The quantitative estimate of drug-likeness (QED) is 0.686. The number of carbonyl (C=O) groups is 2. The number of likely N-dealkylation sites (tertiary alicyclic amines) is 1. The third kappa shape index (κ3) is 5.11. The Morgan fingerprint density at radius 2 is 2.19 bits per heavy atom. The Morgan fingerprint density at radius 1 is 1.44 bits per heavy atom. The number of hydrogen-bond acceptors (Lipinski definition) is 3. The van der Waals surface area contributed by atoms with E-state index in [-0.39, 0.29) is 12.3 Å². The number of hydrogen-bond donors (Lipinski definition) is 2. The molecule has 0 saturated carbocycles. The molecule has 1 unspecified atom stereocenters. The second-order valence-electron chi connectivity index (χ2n) is 4.47. The fourth-order valence-electron chi connectivity index (χ4n) is 1.94. The van der Waals surface area contributed by atoms with Gasteiger partial charge in [-0.2, -0.15) is 0 Å². The van der Waals surface area contributed by atoms with Gasteiger partial charge in [-0.3, -0.25) is 9.59 Å². The Labute approximate surface area is 95.8 Å². The number of aliphatic carboxylic acids is 1. The van der Waals surface area contributed by atoms with Crippen LogP contribution < -0.4 is 5.32 Å². The van der Waals surface area contributed by atoms with Crippen molar-refractivity contribution < 1.29 is 14.7 Å². The summed E-state index contributed by atoms with van der Waals surface area (Å²) in [5, 5.41) is 11.3. The second kappa shape index (κ2) is 6.48. The van der Waals surface area contributed by atoms with Crippen molar-refractivity contribution in [2.24, 2.45) is 5.92 Å². The minimum absolute atomic E-state index is 0.0317. The summed E-state index contributed by atoms with van der Waals surface area (Å²) in [4.78, 5) is 23.8. The highest BCUT2D eigenvalue weighted by Crippen LogP contribution is 2.12. The van der Waals surface area contributed by atoms with Crippen LogP contribution in [0.1, 0.15) is 25.7 Å². The predicted octanol–water partition coefficient (Wildman–Crippen LogP) is 0.309. The first-order valence-electron chi connectivity index (χ1n) is 5.75. The van der Waals surface area contributed by atoms with Crippen LogP contribution in [0, 0.1) is 5.92 Å². The minimum atomic E-state index is -0.842. The monoisotopic (exact) mass is 228 g/mol. The zero-order valence-electron chi connectivity index (χ0n) is 9.74. The van der Waals surface area contributed by atoms with Gasteiger partial charge in [0, 0.05) is 25.9 Å². The van der Waals surface area contributed by atoms with E-state index >= 15 is 0 Å². The molecule has 1 rings (SSSR count). The van der Waals surface area contributed by atoms with Gasteiger partial charge in [0.1, 0.15) is 0 Å². The molecule has 1 heterocycles. The lowest BCUT2D eigenvalue weighted by Gasteiger charge is -2.11. The number of amides is 1. The van der Waals surface area contributed by atoms with Crippen LogP contribution in [-0.2, 0) is 9.59 Å². The van der Waals surface area contributed by atoms with Crippen molar-refractivity contribution in [2.75, 3.05) is 26.7 Å². The van der Waals surface area contributed by atoms with E-state index in [2.05, 4.69) is 17.3 Å². The van der Waals surface area contributed by atoms with Crippen LogP contribution in [0.4, 0.5) is 0 Å². The van der Waals surface area contributed by atoms with Crippen molar-refractivity contribution in [1.82, 2.24) is 10.2 Å². The van der Waals surface area contributed by atoms with E-state index in [1.165, 1.54) is 0 Å². The molecule has 1 aliphatic heterocycles.